The van der Waals surface area contributed by atoms with Crippen molar-refractivity contribution in [2.45, 2.75) is 32.1 Å². The molecule has 5 heteroatoms. The summed E-state index contributed by atoms with van der Waals surface area (Å²) in [6, 6.07) is 6.56. The minimum Gasteiger partial charge on any atom is -0.394 e. The fourth-order valence-electron chi connectivity index (χ4n) is 2.73. The molecule has 4 unspecified atom stereocenters. The highest BCUT2D eigenvalue weighted by Crippen LogP contribution is 2.26. The van der Waals surface area contributed by atoms with Crippen LogP contribution in [0.2, 0.25) is 0 Å². The van der Waals surface area contributed by atoms with Gasteiger partial charge in [0.15, 0.2) is 0 Å². The molecular weight excluding hydrogens is 273 g/mol. The van der Waals surface area contributed by atoms with Crippen molar-refractivity contribution in [3.8, 4) is 0 Å². The van der Waals surface area contributed by atoms with Crippen LogP contribution < -0.4 is 0 Å². The summed E-state index contributed by atoms with van der Waals surface area (Å²) in [7, 11) is 0. The van der Waals surface area contributed by atoms with Crippen LogP contribution in [0.4, 0.5) is 4.39 Å². The summed E-state index contributed by atoms with van der Waals surface area (Å²) in [6.07, 6.45) is -1.02. The van der Waals surface area contributed by atoms with E-state index < -0.39 is 6.10 Å². The number of aliphatic hydroxyl groups is 2. The summed E-state index contributed by atoms with van der Waals surface area (Å²) in [5.41, 5.74) is 0.338. The molecular formula is C16H24FNO3. The van der Waals surface area contributed by atoms with Gasteiger partial charge in [-0.2, -0.15) is 0 Å². The minimum absolute atomic E-state index is 0.00648. The minimum atomic E-state index is -0.839. The maximum atomic E-state index is 13.7. The first kappa shape index (κ1) is 16.4. The Balaban J connectivity index is 2.00. The van der Waals surface area contributed by atoms with Crippen molar-refractivity contribution in [3.63, 3.8) is 0 Å². The molecule has 1 aromatic carbocycles. The number of nitrogens with zero attached hydrogens (tertiary/aromatic N) is 1. The van der Waals surface area contributed by atoms with Gasteiger partial charge in [-0.15, -0.1) is 0 Å². The predicted molar refractivity (Wildman–Crippen MR) is 78.4 cm³/mol. The fourth-order valence-corrected chi connectivity index (χ4v) is 2.73. The van der Waals surface area contributed by atoms with Crippen molar-refractivity contribution < 1.29 is 19.3 Å². The molecule has 118 valence electrons. The van der Waals surface area contributed by atoms with Crippen LogP contribution in [0, 0.1) is 11.7 Å². The second-order valence-corrected chi connectivity index (χ2v) is 5.88. The molecule has 1 heterocycles. The van der Waals surface area contributed by atoms with Crippen molar-refractivity contribution in [1.82, 2.24) is 4.90 Å². The lowest BCUT2D eigenvalue weighted by atomic mass is 9.95. The summed E-state index contributed by atoms with van der Waals surface area (Å²) in [4.78, 5) is 2.18. The SMILES string of the molecule is CC(CN1CC(CO)OCC1C)C(O)c1ccccc1F. The third-order valence-corrected chi connectivity index (χ3v) is 4.12. The molecule has 2 N–H and O–H groups in total. The normalized spacial score (nSPS) is 26.5. The van der Waals surface area contributed by atoms with Crippen LogP contribution in [0.15, 0.2) is 24.3 Å². The van der Waals surface area contributed by atoms with Gasteiger partial charge in [-0.3, -0.25) is 4.90 Å². The molecule has 4 nitrogen and oxygen atoms in total. The van der Waals surface area contributed by atoms with Gasteiger partial charge in [0.1, 0.15) is 5.82 Å². The molecule has 0 bridgehead atoms. The summed E-state index contributed by atoms with van der Waals surface area (Å²) >= 11 is 0. The Hall–Kier alpha value is -1.01. The highest BCUT2D eigenvalue weighted by Gasteiger charge is 2.29. The smallest absolute Gasteiger partial charge is 0.129 e. The molecule has 0 radical (unpaired) electrons. The number of hydrogen-bond donors (Lipinski definition) is 2. The molecule has 1 aromatic rings. The van der Waals surface area contributed by atoms with Gasteiger partial charge in [-0.1, -0.05) is 25.1 Å². The first-order chi connectivity index (χ1) is 10.0. The first-order valence-corrected chi connectivity index (χ1v) is 7.42. The summed E-state index contributed by atoms with van der Waals surface area (Å²) in [6.45, 7) is 5.78. The largest absolute Gasteiger partial charge is 0.394 e. The van der Waals surface area contributed by atoms with Crippen LogP contribution in [0.1, 0.15) is 25.5 Å². The van der Waals surface area contributed by atoms with Crippen LogP contribution in [0.25, 0.3) is 0 Å². The quantitative estimate of drug-likeness (QED) is 0.866. The lowest BCUT2D eigenvalue weighted by Gasteiger charge is -2.39. The third kappa shape index (κ3) is 4.01. The number of rotatable bonds is 5. The molecule has 1 aliphatic heterocycles. The van der Waals surface area contributed by atoms with Gasteiger partial charge >= 0.3 is 0 Å². The number of benzene rings is 1. The van der Waals surface area contributed by atoms with E-state index in [1.54, 1.807) is 18.2 Å². The topological polar surface area (TPSA) is 52.9 Å². The number of halogens is 1. The maximum absolute atomic E-state index is 13.7. The Morgan fingerprint density at radius 1 is 1.43 bits per heavy atom. The van der Waals surface area contributed by atoms with Crippen molar-refractivity contribution in [3.05, 3.63) is 35.6 Å². The van der Waals surface area contributed by atoms with E-state index in [0.717, 1.165) is 0 Å². The Kier molecular flexibility index (Phi) is 5.70. The average Bonchev–Trinajstić information content (AvgIpc) is 2.49. The highest BCUT2D eigenvalue weighted by molar-refractivity contribution is 5.20. The molecule has 1 saturated heterocycles. The molecule has 21 heavy (non-hydrogen) atoms. The van der Waals surface area contributed by atoms with Crippen LogP contribution in [0.3, 0.4) is 0 Å². The molecule has 0 saturated carbocycles. The number of morpholine rings is 1. The second kappa shape index (κ2) is 7.31. The van der Waals surface area contributed by atoms with Crippen LogP contribution in [0.5, 0.6) is 0 Å². The second-order valence-electron chi connectivity index (χ2n) is 5.88. The first-order valence-electron chi connectivity index (χ1n) is 7.42. The monoisotopic (exact) mass is 297 g/mol. The van der Waals surface area contributed by atoms with Crippen molar-refractivity contribution in [1.29, 1.82) is 0 Å². The van der Waals surface area contributed by atoms with E-state index in [1.807, 2.05) is 6.92 Å². The molecule has 1 fully saturated rings. The van der Waals surface area contributed by atoms with Gasteiger partial charge in [-0.25, -0.2) is 4.39 Å². The van der Waals surface area contributed by atoms with E-state index in [0.29, 0.717) is 25.3 Å². The van der Waals surface area contributed by atoms with Crippen LogP contribution in [-0.2, 0) is 4.74 Å². The van der Waals surface area contributed by atoms with Gasteiger partial charge < -0.3 is 14.9 Å². The van der Waals surface area contributed by atoms with E-state index in [1.165, 1.54) is 6.07 Å². The highest BCUT2D eigenvalue weighted by atomic mass is 19.1. The standard InChI is InChI=1S/C16H24FNO3/c1-11(16(20)14-5-3-4-6-15(14)17)7-18-8-13(9-19)21-10-12(18)2/h3-6,11-13,16,19-20H,7-10H2,1-2H3. The zero-order chi connectivity index (χ0) is 15.4. The fraction of sp³-hybridized carbons (Fsp3) is 0.625. The van der Waals surface area contributed by atoms with Crippen LogP contribution >= 0.6 is 0 Å². The lowest BCUT2D eigenvalue weighted by molar-refractivity contribution is -0.0855. The molecule has 0 aliphatic carbocycles. The van der Waals surface area contributed by atoms with E-state index >= 15 is 0 Å². The van der Waals surface area contributed by atoms with E-state index in [2.05, 4.69) is 11.8 Å². The van der Waals surface area contributed by atoms with Crippen molar-refractivity contribution in [2.75, 3.05) is 26.3 Å². The zero-order valence-electron chi connectivity index (χ0n) is 12.6. The predicted octanol–water partition coefficient (Wildman–Crippen LogP) is 1.58. The van der Waals surface area contributed by atoms with Crippen molar-refractivity contribution >= 4 is 0 Å². The Morgan fingerprint density at radius 3 is 2.81 bits per heavy atom. The lowest BCUT2D eigenvalue weighted by Crippen LogP contribution is -2.51. The summed E-state index contributed by atoms with van der Waals surface area (Å²) < 4.78 is 19.2. The maximum Gasteiger partial charge on any atom is 0.129 e. The zero-order valence-corrected chi connectivity index (χ0v) is 12.6. The molecule has 4 atom stereocenters. The van der Waals surface area contributed by atoms with Gasteiger partial charge in [0.25, 0.3) is 0 Å². The number of aliphatic hydroxyl groups excluding tert-OH is 2. The number of ether oxygens (including phenoxy) is 1. The van der Waals surface area contributed by atoms with Gasteiger partial charge in [-0.05, 0) is 18.9 Å². The Morgan fingerprint density at radius 2 is 2.14 bits per heavy atom. The average molecular weight is 297 g/mol. The molecule has 1 aliphatic rings. The van der Waals surface area contributed by atoms with E-state index in [-0.39, 0.29) is 30.5 Å². The van der Waals surface area contributed by atoms with Crippen molar-refractivity contribution in [2.24, 2.45) is 5.92 Å². The summed E-state index contributed by atoms with van der Waals surface area (Å²) in [5.74, 6) is -0.484. The van der Waals surface area contributed by atoms with E-state index in [4.69, 9.17) is 4.74 Å². The molecule has 0 amide bonds. The third-order valence-electron chi connectivity index (χ3n) is 4.12. The van der Waals surface area contributed by atoms with Crippen LogP contribution in [-0.4, -0.2) is 53.6 Å². The summed E-state index contributed by atoms with van der Waals surface area (Å²) in [5, 5.41) is 19.6. The van der Waals surface area contributed by atoms with Gasteiger partial charge in [0, 0.05) is 24.7 Å². The molecule has 0 aromatic heterocycles. The number of hydrogen-bond acceptors (Lipinski definition) is 4. The van der Waals surface area contributed by atoms with Gasteiger partial charge in [0.05, 0.1) is 25.4 Å². The Bertz CT molecular complexity index is 457. The van der Waals surface area contributed by atoms with E-state index in [9.17, 15) is 14.6 Å². The molecule has 2 rings (SSSR count). The Labute approximate surface area is 125 Å². The van der Waals surface area contributed by atoms with Gasteiger partial charge in [0.2, 0.25) is 0 Å². The molecule has 0 spiro atoms.